The fourth-order valence-corrected chi connectivity index (χ4v) is 2.57. The minimum Gasteiger partial charge on any atom is -0.394 e. The molecule has 10 atom stereocenters. The Balaban J connectivity index is 2.11. The summed E-state index contributed by atoms with van der Waals surface area (Å²) in [5.41, 5.74) is 0. The molecule has 8 N–H and O–H groups in total. The van der Waals surface area contributed by atoms with Gasteiger partial charge in [0.05, 0.1) is 13.2 Å². The highest BCUT2D eigenvalue weighted by atomic mass is 16.7. The van der Waals surface area contributed by atoms with Crippen LogP contribution in [0.3, 0.4) is 0 Å². The fourth-order valence-electron chi connectivity index (χ4n) is 2.57. The lowest BCUT2D eigenvalue weighted by Crippen LogP contribution is -2.64. The third-order valence-electron chi connectivity index (χ3n) is 3.98. The normalized spacial score (nSPS) is 51.7. The molecule has 0 aromatic heterocycles. The van der Waals surface area contributed by atoms with E-state index < -0.39 is 74.6 Å². The molecule has 0 bridgehead atoms. The Bertz CT molecular complexity index is 378. The number of aliphatic hydroxyl groups is 8. The van der Waals surface area contributed by atoms with Crippen molar-refractivity contribution in [2.75, 3.05) is 13.2 Å². The lowest BCUT2D eigenvalue weighted by Gasteiger charge is -2.45. The molecule has 0 aliphatic carbocycles. The Kier molecular flexibility index (Phi) is 6.27. The molecule has 136 valence electrons. The van der Waals surface area contributed by atoms with Crippen LogP contribution in [0.25, 0.3) is 0 Å². The van der Waals surface area contributed by atoms with Gasteiger partial charge in [0.25, 0.3) is 0 Å². The van der Waals surface area contributed by atoms with Gasteiger partial charge in [-0.15, -0.1) is 0 Å². The van der Waals surface area contributed by atoms with Gasteiger partial charge >= 0.3 is 0 Å². The predicted octanol–water partition coefficient (Wildman–Crippen LogP) is -5.40. The van der Waals surface area contributed by atoms with Crippen molar-refractivity contribution >= 4 is 0 Å². The molecule has 0 radical (unpaired) electrons. The number of hydrogen-bond acceptors (Lipinski definition) is 11. The summed E-state index contributed by atoms with van der Waals surface area (Å²) < 4.78 is 15.3. The molecule has 2 saturated heterocycles. The standard InChI is InChI=1S/C12H22O11/c13-1-3-5(15)6(16)9(19)12(22-3)23-10-4(2-14)21-11(20)8(18)7(10)17/h3-20H,1-2H2/t3-,4-,5-,6+,7-,8+,9-,10+,11-,12+/m0/s1. The van der Waals surface area contributed by atoms with Crippen molar-refractivity contribution < 1.29 is 55.1 Å². The summed E-state index contributed by atoms with van der Waals surface area (Å²) in [6, 6.07) is 0. The largest absolute Gasteiger partial charge is 0.394 e. The van der Waals surface area contributed by atoms with E-state index in [1.165, 1.54) is 0 Å². The van der Waals surface area contributed by atoms with E-state index in [2.05, 4.69) is 0 Å². The smallest absolute Gasteiger partial charge is 0.187 e. The van der Waals surface area contributed by atoms with Crippen molar-refractivity contribution in [1.82, 2.24) is 0 Å². The highest BCUT2D eigenvalue weighted by molar-refractivity contribution is 4.93. The average molecular weight is 342 g/mol. The van der Waals surface area contributed by atoms with E-state index in [-0.39, 0.29) is 0 Å². The maximum Gasteiger partial charge on any atom is 0.187 e. The summed E-state index contributed by atoms with van der Waals surface area (Å²) in [5.74, 6) is 0. The lowest BCUT2D eigenvalue weighted by molar-refractivity contribution is -0.355. The lowest BCUT2D eigenvalue weighted by atomic mass is 9.97. The van der Waals surface area contributed by atoms with Gasteiger partial charge in [0.15, 0.2) is 12.6 Å². The van der Waals surface area contributed by atoms with Gasteiger partial charge < -0.3 is 55.1 Å². The van der Waals surface area contributed by atoms with Crippen molar-refractivity contribution in [2.24, 2.45) is 0 Å². The summed E-state index contributed by atoms with van der Waals surface area (Å²) in [7, 11) is 0. The zero-order chi connectivity index (χ0) is 17.3. The van der Waals surface area contributed by atoms with Gasteiger partial charge in [-0.1, -0.05) is 0 Å². The molecule has 23 heavy (non-hydrogen) atoms. The zero-order valence-electron chi connectivity index (χ0n) is 12.0. The van der Waals surface area contributed by atoms with Crippen LogP contribution < -0.4 is 0 Å². The number of hydrogen-bond donors (Lipinski definition) is 8. The van der Waals surface area contributed by atoms with Crippen LogP contribution in [0.5, 0.6) is 0 Å². The molecule has 2 aliphatic rings. The van der Waals surface area contributed by atoms with Crippen LogP contribution in [0, 0.1) is 0 Å². The molecule has 11 nitrogen and oxygen atoms in total. The maximum atomic E-state index is 9.94. The van der Waals surface area contributed by atoms with Crippen LogP contribution >= 0.6 is 0 Å². The van der Waals surface area contributed by atoms with E-state index in [1.54, 1.807) is 0 Å². The fraction of sp³-hybridized carbons (Fsp3) is 1.00. The Hall–Kier alpha value is -0.440. The molecule has 0 spiro atoms. The summed E-state index contributed by atoms with van der Waals surface area (Å²) in [6.07, 6.45) is -15.6. The highest BCUT2D eigenvalue weighted by Crippen LogP contribution is 2.28. The van der Waals surface area contributed by atoms with Gasteiger partial charge in [-0.05, 0) is 0 Å². The molecule has 0 aromatic carbocycles. The van der Waals surface area contributed by atoms with E-state index in [4.69, 9.17) is 19.3 Å². The van der Waals surface area contributed by atoms with Crippen molar-refractivity contribution in [3.8, 4) is 0 Å². The van der Waals surface area contributed by atoms with Crippen LogP contribution in [-0.2, 0) is 14.2 Å². The van der Waals surface area contributed by atoms with Crippen molar-refractivity contribution in [1.29, 1.82) is 0 Å². The molecule has 0 saturated carbocycles. The number of ether oxygens (including phenoxy) is 3. The van der Waals surface area contributed by atoms with E-state index in [0.29, 0.717) is 0 Å². The van der Waals surface area contributed by atoms with Crippen molar-refractivity contribution in [3.63, 3.8) is 0 Å². The summed E-state index contributed by atoms with van der Waals surface area (Å²) in [4.78, 5) is 0. The molecule has 2 aliphatic heterocycles. The zero-order valence-corrected chi connectivity index (χ0v) is 12.0. The second-order valence-corrected chi connectivity index (χ2v) is 5.53. The number of rotatable bonds is 4. The average Bonchev–Trinajstić information content (AvgIpc) is 2.55. The first-order valence-electron chi connectivity index (χ1n) is 7.08. The predicted molar refractivity (Wildman–Crippen MR) is 68.6 cm³/mol. The maximum absolute atomic E-state index is 9.94. The van der Waals surface area contributed by atoms with Crippen LogP contribution in [0.4, 0.5) is 0 Å². The molecule has 2 heterocycles. The monoisotopic (exact) mass is 342 g/mol. The van der Waals surface area contributed by atoms with E-state index in [9.17, 15) is 35.7 Å². The molecule has 0 aromatic rings. The second-order valence-electron chi connectivity index (χ2n) is 5.53. The first-order chi connectivity index (χ1) is 10.8. The molecular formula is C12H22O11. The minimum absolute atomic E-state index is 0.667. The number of aliphatic hydroxyl groups excluding tert-OH is 8. The van der Waals surface area contributed by atoms with E-state index in [1.807, 2.05) is 0 Å². The van der Waals surface area contributed by atoms with Gasteiger partial charge in [0.2, 0.25) is 0 Å². The van der Waals surface area contributed by atoms with Crippen molar-refractivity contribution in [2.45, 2.75) is 61.4 Å². The quantitative estimate of drug-likeness (QED) is 0.243. The summed E-state index contributed by atoms with van der Waals surface area (Å²) in [5, 5.41) is 76.5. The van der Waals surface area contributed by atoms with Crippen LogP contribution in [0.1, 0.15) is 0 Å². The summed E-state index contributed by atoms with van der Waals surface area (Å²) in [6.45, 7) is -1.35. The Morgan fingerprint density at radius 2 is 1.26 bits per heavy atom. The van der Waals surface area contributed by atoms with Crippen LogP contribution in [0.2, 0.25) is 0 Å². The van der Waals surface area contributed by atoms with E-state index in [0.717, 1.165) is 0 Å². The van der Waals surface area contributed by atoms with Crippen LogP contribution in [0.15, 0.2) is 0 Å². The Labute approximate surface area is 130 Å². The first kappa shape index (κ1) is 18.9. The molecule has 0 unspecified atom stereocenters. The molecular weight excluding hydrogens is 320 g/mol. The molecule has 2 rings (SSSR count). The first-order valence-corrected chi connectivity index (χ1v) is 7.08. The second kappa shape index (κ2) is 7.63. The third-order valence-corrected chi connectivity index (χ3v) is 3.98. The Morgan fingerprint density at radius 3 is 1.83 bits per heavy atom. The van der Waals surface area contributed by atoms with Gasteiger partial charge in [0.1, 0.15) is 48.8 Å². The molecule has 0 amide bonds. The van der Waals surface area contributed by atoms with Gasteiger partial charge in [-0.25, -0.2) is 0 Å². The molecule has 11 heteroatoms. The van der Waals surface area contributed by atoms with E-state index >= 15 is 0 Å². The minimum atomic E-state index is -1.74. The SMILES string of the molecule is OC[C@@H]1O[C@H](O[C@H]2[C@@H](O)[C@@H](O)[C@@H](O)O[C@H]2CO)[C@@H](O)[C@H](O)[C@H]1O. The Morgan fingerprint density at radius 1 is 0.652 bits per heavy atom. The summed E-state index contributed by atoms with van der Waals surface area (Å²) >= 11 is 0. The molecule has 2 fully saturated rings. The van der Waals surface area contributed by atoms with Gasteiger partial charge in [-0.2, -0.15) is 0 Å². The highest BCUT2D eigenvalue weighted by Gasteiger charge is 2.50. The van der Waals surface area contributed by atoms with Crippen LogP contribution in [-0.4, -0.2) is 115 Å². The third kappa shape index (κ3) is 3.65. The van der Waals surface area contributed by atoms with Gasteiger partial charge in [0, 0.05) is 0 Å². The topological polar surface area (TPSA) is 190 Å². The van der Waals surface area contributed by atoms with Gasteiger partial charge in [-0.3, -0.25) is 0 Å². The van der Waals surface area contributed by atoms with Crippen molar-refractivity contribution in [3.05, 3.63) is 0 Å².